The highest BCUT2D eigenvalue weighted by molar-refractivity contribution is 7.95. The molecule has 27 heteroatoms. The number of hydrogen-bond donors (Lipinski definition) is 2. The molecule has 2 amide bonds. The lowest BCUT2D eigenvalue weighted by Crippen LogP contribution is -2.51. The predicted molar refractivity (Wildman–Crippen MR) is 369 cm³/mol. The summed E-state index contributed by atoms with van der Waals surface area (Å²) in [5, 5.41) is 0. The predicted octanol–water partition coefficient (Wildman–Crippen LogP) is 8.70. The number of H-pyrrole nitrogens is 2. The van der Waals surface area contributed by atoms with E-state index < -0.39 is 93.2 Å². The van der Waals surface area contributed by atoms with E-state index in [0.29, 0.717) is 88.3 Å². The molecule has 26 nitrogen and oxygen atoms in total. The van der Waals surface area contributed by atoms with Crippen LogP contribution in [0.25, 0.3) is 6.08 Å². The van der Waals surface area contributed by atoms with E-state index in [2.05, 4.69) is 31.6 Å². The highest BCUT2D eigenvalue weighted by Gasteiger charge is 2.41. The molecule has 10 rings (SSSR count). The van der Waals surface area contributed by atoms with Gasteiger partial charge in [-0.15, -0.1) is 12.8 Å². The van der Waals surface area contributed by atoms with Crippen LogP contribution in [0.4, 0.5) is 19.2 Å². The van der Waals surface area contributed by atoms with Gasteiger partial charge in [-0.1, -0.05) is 68.2 Å². The maximum atomic E-state index is 13.5. The SMILES string of the molecule is C#Cc1ccc(CN(CCOC(=O)OC2C[C@H](n3cc(C)c(=O)[nH]c3=O)O[C@@H]2CC)CC2CCCCN2C(=O)OC(C)(C)C)cc1.C#Cc1ccc(CN(CCOC(=O)OC2C[C@H](n3cc(C)c(=O)[nH]c3=O)O[C@@H]2CC)CC2CCCCN2C(=O)OCC2=Cc3ccccc3S2(=O)=O)cc1. The van der Waals surface area contributed by atoms with Crippen molar-refractivity contribution in [2.24, 2.45) is 0 Å². The maximum Gasteiger partial charge on any atom is 0.508 e. The number of aryl methyl sites for hydroxylation is 2. The van der Waals surface area contributed by atoms with E-state index >= 15 is 0 Å². The Morgan fingerprint density at radius 3 is 1.51 bits per heavy atom. The van der Waals surface area contributed by atoms with Crippen molar-refractivity contribution in [3.05, 3.63) is 171 Å². The molecule has 4 saturated heterocycles. The van der Waals surface area contributed by atoms with Gasteiger partial charge in [0.2, 0.25) is 9.84 Å². The number of fused-ring (bicyclic) bond motifs is 1. The van der Waals surface area contributed by atoms with E-state index in [-0.39, 0.29) is 60.6 Å². The summed E-state index contributed by atoms with van der Waals surface area (Å²) in [4.78, 5) is 113. The van der Waals surface area contributed by atoms with Gasteiger partial charge in [-0.25, -0.2) is 37.2 Å². The van der Waals surface area contributed by atoms with Crippen molar-refractivity contribution in [1.82, 2.24) is 38.7 Å². The summed E-state index contributed by atoms with van der Waals surface area (Å²) >= 11 is 0. The van der Waals surface area contributed by atoms with Crippen LogP contribution in [0.2, 0.25) is 0 Å². The lowest BCUT2D eigenvalue weighted by molar-refractivity contribution is -0.0387. The van der Waals surface area contributed by atoms with Crippen LogP contribution in [0, 0.1) is 38.5 Å². The summed E-state index contributed by atoms with van der Waals surface area (Å²) in [6.45, 7) is 16.0. The number of amides is 2. The van der Waals surface area contributed by atoms with Gasteiger partial charge >= 0.3 is 35.9 Å². The Kier molecular flexibility index (Phi) is 25.6. The van der Waals surface area contributed by atoms with E-state index in [1.807, 2.05) is 88.0 Å². The third-order valence-electron chi connectivity index (χ3n) is 18.1. The van der Waals surface area contributed by atoms with Crippen molar-refractivity contribution in [3.8, 4) is 24.7 Å². The van der Waals surface area contributed by atoms with Gasteiger partial charge in [0.25, 0.3) is 11.1 Å². The summed E-state index contributed by atoms with van der Waals surface area (Å²) in [6.07, 6.45) is 15.9. The normalized spacial score (nSPS) is 21.6. The van der Waals surface area contributed by atoms with Crippen molar-refractivity contribution in [1.29, 1.82) is 0 Å². The monoisotopic (exact) mass is 1400 g/mol. The van der Waals surface area contributed by atoms with Crippen LogP contribution >= 0.6 is 0 Å². The average Bonchev–Trinajstić information content (AvgIpc) is 1.62. The molecule has 0 saturated carbocycles. The van der Waals surface area contributed by atoms with E-state index in [9.17, 15) is 46.8 Å². The molecule has 0 aliphatic carbocycles. The zero-order chi connectivity index (χ0) is 71.8. The zero-order valence-corrected chi connectivity index (χ0v) is 58.5. The number of nitrogens with zero attached hydrogens (tertiary/aromatic N) is 6. The first-order valence-corrected chi connectivity index (χ1v) is 35.5. The fraction of sp³-hybridized carbons (Fsp3) is 0.507. The fourth-order valence-corrected chi connectivity index (χ4v) is 14.4. The number of sulfone groups is 1. The Bertz CT molecular complexity index is 4180. The van der Waals surface area contributed by atoms with Crippen molar-refractivity contribution in [3.63, 3.8) is 0 Å². The summed E-state index contributed by atoms with van der Waals surface area (Å²) in [7, 11) is -3.73. The molecule has 4 fully saturated rings. The smallest absolute Gasteiger partial charge is 0.444 e. The average molecular weight is 1400 g/mol. The number of rotatable bonds is 22. The summed E-state index contributed by atoms with van der Waals surface area (Å²) in [5.74, 6) is 5.24. The number of terminal acetylenes is 2. The second kappa shape index (κ2) is 34.2. The number of nitrogens with one attached hydrogen (secondary N) is 2. The topological polar surface area (TPSA) is 299 Å². The van der Waals surface area contributed by atoms with Gasteiger partial charge in [0.05, 0.1) is 22.0 Å². The highest BCUT2D eigenvalue weighted by Crippen LogP contribution is 2.35. The molecule has 2 aromatic heterocycles. The second-order valence-electron chi connectivity index (χ2n) is 26.5. The lowest BCUT2D eigenvalue weighted by Gasteiger charge is -2.39. The largest absolute Gasteiger partial charge is 0.508 e. The number of carbonyl (C=O) groups excluding carboxylic acids is 4. The number of benzene rings is 3. The van der Waals surface area contributed by atoms with Crippen LogP contribution < -0.4 is 22.5 Å². The number of aromatic nitrogens is 4. The molecule has 0 bridgehead atoms. The number of likely N-dealkylation sites (tertiary alicyclic amines) is 2. The third kappa shape index (κ3) is 19.8. The minimum Gasteiger partial charge on any atom is -0.444 e. The van der Waals surface area contributed by atoms with Crippen LogP contribution in [0.15, 0.2) is 114 Å². The molecule has 5 aliphatic rings. The van der Waals surface area contributed by atoms with Gasteiger partial charge < -0.3 is 47.7 Å². The summed E-state index contributed by atoms with van der Waals surface area (Å²) < 4.78 is 74.3. The molecular weight excluding hydrogens is 1310 g/mol. The van der Waals surface area contributed by atoms with Crippen LogP contribution in [0.5, 0.6) is 0 Å². The van der Waals surface area contributed by atoms with Crippen LogP contribution in [-0.4, -0.2) is 173 Å². The van der Waals surface area contributed by atoms with E-state index in [1.54, 1.807) is 43.0 Å². The van der Waals surface area contributed by atoms with Gasteiger partial charge in [-0.2, -0.15) is 0 Å². The summed E-state index contributed by atoms with van der Waals surface area (Å²) in [5.41, 5.74) is 2.09. The number of carbonyl (C=O) groups is 4. The van der Waals surface area contributed by atoms with E-state index in [1.165, 1.54) is 27.6 Å². The van der Waals surface area contributed by atoms with Crippen molar-refractivity contribution < 1.29 is 65.5 Å². The first-order valence-electron chi connectivity index (χ1n) is 34.0. The number of hydrogen-bond acceptors (Lipinski definition) is 20. The molecule has 7 heterocycles. The molecule has 4 unspecified atom stereocenters. The Morgan fingerprint density at radius 1 is 0.630 bits per heavy atom. The maximum absolute atomic E-state index is 13.5. The molecule has 0 radical (unpaired) electrons. The summed E-state index contributed by atoms with van der Waals surface area (Å²) in [6, 6.07) is 21.6. The van der Waals surface area contributed by atoms with Gasteiger partial charge in [0.15, 0.2) is 0 Å². The van der Waals surface area contributed by atoms with Crippen molar-refractivity contribution in [2.75, 3.05) is 59.1 Å². The molecule has 3 aromatic carbocycles. The zero-order valence-electron chi connectivity index (χ0n) is 57.7. The van der Waals surface area contributed by atoms with Gasteiger partial charge in [0.1, 0.15) is 50.1 Å². The number of piperidine rings is 2. The highest BCUT2D eigenvalue weighted by atomic mass is 32.2. The van der Waals surface area contributed by atoms with Crippen LogP contribution in [0.3, 0.4) is 0 Å². The fourth-order valence-electron chi connectivity index (χ4n) is 12.9. The molecule has 5 aliphatic heterocycles. The standard InChI is InChI=1S/C39H44N4O10S.C34H46N4O8/c1-4-27-13-15-28(16-14-27)23-41(18-19-50-39(47)53-33-21-35(52-32(33)5-2)43-22-26(3)36(44)40-37(43)45)24-30-11-8-9-17-42(30)38(46)51-25-31-20-29-10-6-7-12-34(29)54(31,48)49;1-7-24-12-14-25(15-13-24)21-36(22-26-11-9-10-16-37(26)32(41)46-34(4,5)6)17-18-43-33(42)45-28-19-29(44-27(28)8-2)38-20-23(3)30(39)35-31(38)40/h1,6-7,10,12-16,20,22,30,32-33,35H,5,8-9,11,17-19,21,23-25H2,2-3H3,(H,40,44,45);1,12-15,20,26-29H,8-11,16-19,21-22H2,2-6H3,(H,35,39,40)/t30?,32-,33?,35-;26?,27-,28?,29-/m11/s1. The Labute approximate surface area is 581 Å². The first kappa shape index (κ1) is 75.0. The quantitative estimate of drug-likeness (QED) is 0.0372. The Morgan fingerprint density at radius 2 is 1.08 bits per heavy atom. The van der Waals surface area contributed by atoms with Crippen LogP contribution in [0.1, 0.15) is 150 Å². The first-order chi connectivity index (χ1) is 47.8. The molecule has 5 aromatic rings. The third-order valence-corrected chi connectivity index (χ3v) is 20.0. The number of aromatic amines is 2. The number of ether oxygens (including phenoxy) is 8. The molecule has 8 atom stereocenters. The van der Waals surface area contributed by atoms with Gasteiger partial charge in [0, 0.05) is 112 Å². The minimum atomic E-state index is -3.73. The van der Waals surface area contributed by atoms with Gasteiger partial charge in [-0.3, -0.25) is 38.5 Å². The lowest BCUT2D eigenvalue weighted by atomic mass is 10.0. The Hall–Kier alpha value is -9.25. The molecule has 100 heavy (non-hydrogen) atoms. The van der Waals surface area contributed by atoms with Gasteiger partial charge in [-0.05, 0) is 139 Å². The second-order valence-corrected chi connectivity index (χ2v) is 28.5. The molecule has 2 N–H and O–H groups in total. The van der Waals surface area contributed by atoms with E-state index in [4.69, 9.17) is 50.7 Å². The molecule has 0 spiro atoms. The van der Waals surface area contributed by atoms with Crippen molar-refractivity contribution in [2.45, 2.75) is 185 Å². The minimum absolute atomic E-state index is 0.0165. The molecule has 536 valence electrons. The Balaban J connectivity index is 0.000000237. The van der Waals surface area contributed by atoms with Crippen LogP contribution in [-0.2, 0) is 60.8 Å². The van der Waals surface area contributed by atoms with E-state index in [0.717, 1.165) is 54.4 Å². The molecular formula is C73H90N8O18S. The van der Waals surface area contributed by atoms with Crippen molar-refractivity contribution >= 4 is 40.4 Å².